The molecule has 3 heterocycles. The van der Waals surface area contributed by atoms with Gasteiger partial charge in [0.05, 0.1) is 16.8 Å². The van der Waals surface area contributed by atoms with Crippen molar-refractivity contribution < 1.29 is 9.59 Å². The van der Waals surface area contributed by atoms with Crippen LogP contribution in [0, 0.1) is 0 Å². The molecule has 0 bridgehead atoms. The van der Waals surface area contributed by atoms with Crippen molar-refractivity contribution in [1.82, 2.24) is 4.98 Å². The van der Waals surface area contributed by atoms with E-state index < -0.39 is 11.5 Å². The number of H-pyrrole nitrogens is 1. The zero-order chi connectivity index (χ0) is 21.7. The van der Waals surface area contributed by atoms with E-state index in [0.717, 1.165) is 5.56 Å². The molecule has 8 heteroatoms. The second-order valence-electron chi connectivity index (χ2n) is 7.02. The van der Waals surface area contributed by atoms with E-state index in [0.29, 0.717) is 22.2 Å². The molecule has 3 aromatic rings. The fourth-order valence-electron chi connectivity index (χ4n) is 3.07. The van der Waals surface area contributed by atoms with E-state index >= 15 is 0 Å². The SMILES string of the molecule is C1=CSCC1.CC(C)c1ccc2cc(C(N)=O)c(=O)[nH]c2c1C(=O)Nc1ccsc1. The van der Waals surface area contributed by atoms with Crippen LogP contribution >= 0.6 is 23.1 Å². The summed E-state index contributed by atoms with van der Waals surface area (Å²) in [5.74, 6) is 0.266. The first-order valence-corrected chi connectivity index (χ1v) is 11.5. The van der Waals surface area contributed by atoms with Gasteiger partial charge in [-0.25, -0.2) is 0 Å². The second kappa shape index (κ2) is 9.77. The predicted octanol–water partition coefficient (Wildman–Crippen LogP) is 4.70. The number of hydrogen-bond acceptors (Lipinski definition) is 5. The molecule has 2 amide bonds. The number of thioether (sulfide) groups is 1. The third kappa shape index (κ3) is 5.01. The largest absolute Gasteiger partial charge is 0.365 e. The number of amides is 2. The van der Waals surface area contributed by atoms with Gasteiger partial charge in [0.2, 0.25) is 0 Å². The maximum Gasteiger partial charge on any atom is 0.261 e. The quantitative estimate of drug-likeness (QED) is 0.546. The summed E-state index contributed by atoms with van der Waals surface area (Å²) < 4.78 is 0. The molecular weight excluding hydrogens is 418 g/mol. The van der Waals surface area contributed by atoms with E-state index in [4.69, 9.17) is 5.73 Å². The lowest BCUT2D eigenvalue weighted by atomic mass is 9.93. The summed E-state index contributed by atoms with van der Waals surface area (Å²) in [6.07, 6.45) is 3.48. The Balaban J connectivity index is 0.000000448. The van der Waals surface area contributed by atoms with Crippen molar-refractivity contribution in [2.24, 2.45) is 5.73 Å². The number of thiophene rings is 1. The first kappa shape index (κ1) is 21.9. The summed E-state index contributed by atoms with van der Waals surface area (Å²) in [7, 11) is 0. The predicted molar refractivity (Wildman–Crippen MR) is 126 cm³/mol. The maximum atomic E-state index is 12.9. The smallest absolute Gasteiger partial charge is 0.261 e. The molecule has 1 aromatic carbocycles. The molecule has 4 N–H and O–H groups in total. The standard InChI is InChI=1S/C18H17N3O3S.C4H6S/c1-9(2)12-4-3-10-7-13(16(19)22)17(23)21-15(10)14(12)18(24)20-11-5-6-25-8-11;1-2-4-5-3-1/h3-9H,1-2H3,(H2,19,22)(H,20,24)(H,21,23);1,3H,2,4H2. The van der Waals surface area contributed by atoms with E-state index in [9.17, 15) is 14.4 Å². The molecule has 0 unspecified atom stereocenters. The van der Waals surface area contributed by atoms with Gasteiger partial charge in [0.25, 0.3) is 17.4 Å². The molecule has 0 atom stereocenters. The molecule has 4 rings (SSSR count). The van der Waals surface area contributed by atoms with Crippen LogP contribution in [0.5, 0.6) is 0 Å². The number of allylic oxidation sites excluding steroid dienone is 1. The number of aromatic amines is 1. The highest BCUT2D eigenvalue weighted by Crippen LogP contribution is 2.27. The maximum absolute atomic E-state index is 12.9. The van der Waals surface area contributed by atoms with Crippen LogP contribution in [0.1, 0.15) is 52.5 Å². The van der Waals surface area contributed by atoms with Crippen LogP contribution in [0.2, 0.25) is 0 Å². The number of anilines is 1. The highest BCUT2D eigenvalue weighted by Gasteiger charge is 2.20. The molecule has 156 valence electrons. The normalized spacial score (nSPS) is 12.6. The number of primary amides is 1. The van der Waals surface area contributed by atoms with Crippen LogP contribution in [0.15, 0.2) is 51.3 Å². The third-order valence-corrected chi connectivity index (χ3v) is 6.08. The molecule has 0 saturated heterocycles. The number of rotatable bonds is 4. The van der Waals surface area contributed by atoms with Crippen molar-refractivity contribution in [1.29, 1.82) is 0 Å². The Labute approximate surface area is 182 Å². The molecule has 30 heavy (non-hydrogen) atoms. The van der Waals surface area contributed by atoms with E-state index in [1.807, 2.05) is 42.4 Å². The van der Waals surface area contributed by atoms with Crippen LogP contribution in [0.3, 0.4) is 0 Å². The summed E-state index contributed by atoms with van der Waals surface area (Å²) in [6.45, 7) is 3.94. The molecule has 1 aliphatic rings. The summed E-state index contributed by atoms with van der Waals surface area (Å²) >= 11 is 3.37. The Morgan fingerprint density at radius 3 is 2.57 bits per heavy atom. The van der Waals surface area contributed by atoms with Crippen molar-refractivity contribution >= 4 is 51.5 Å². The molecule has 0 saturated carbocycles. The molecule has 1 aliphatic heterocycles. The number of nitrogens with one attached hydrogen (secondary N) is 2. The summed E-state index contributed by atoms with van der Waals surface area (Å²) in [5.41, 5.74) is 6.79. The molecule has 0 spiro atoms. The van der Waals surface area contributed by atoms with Gasteiger partial charge < -0.3 is 16.0 Å². The Morgan fingerprint density at radius 2 is 2.03 bits per heavy atom. The number of fused-ring (bicyclic) bond motifs is 1. The fraction of sp³-hybridized carbons (Fsp3) is 0.227. The van der Waals surface area contributed by atoms with Crippen molar-refractivity contribution in [3.05, 3.63) is 73.6 Å². The number of pyridine rings is 1. The molecule has 0 radical (unpaired) electrons. The summed E-state index contributed by atoms with van der Waals surface area (Å²) in [5, 5.41) is 9.26. The molecular formula is C22H23N3O3S2. The van der Waals surface area contributed by atoms with Gasteiger partial charge in [-0.05, 0) is 46.2 Å². The topological polar surface area (TPSA) is 105 Å². The summed E-state index contributed by atoms with van der Waals surface area (Å²) in [6, 6.07) is 6.83. The monoisotopic (exact) mass is 441 g/mol. The molecule has 2 aromatic heterocycles. The Morgan fingerprint density at radius 1 is 1.23 bits per heavy atom. The molecule has 0 fully saturated rings. The van der Waals surface area contributed by atoms with Gasteiger partial charge in [0, 0.05) is 11.1 Å². The van der Waals surface area contributed by atoms with Crippen molar-refractivity contribution in [2.45, 2.75) is 26.2 Å². The third-order valence-electron chi connectivity index (χ3n) is 4.54. The fourth-order valence-corrected chi connectivity index (χ4v) is 4.34. The molecule has 6 nitrogen and oxygen atoms in total. The van der Waals surface area contributed by atoms with Gasteiger partial charge in [-0.2, -0.15) is 11.3 Å². The van der Waals surface area contributed by atoms with E-state index in [1.54, 1.807) is 12.1 Å². The van der Waals surface area contributed by atoms with Crippen LogP contribution in [-0.4, -0.2) is 22.6 Å². The Bertz CT molecular complexity index is 1140. The Kier molecular flexibility index (Phi) is 7.12. The summed E-state index contributed by atoms with van der Waals surface area (Å²) in [4.78, 5) is 39.1. The number of hydrogen-bond donors (Lipinski definition) is 3. The molecule has 0 aliphatic carbocycles. The number of nitrogens with two attached hydrogens (primary N) is 1. The van der Waals surface area contributed by atoms with Crippen molar-refractivity contribution in [2.75, 3.05) is 11.1 Å². The van der Waals surface area contributed by atoms with E-state index in [2.05, 4.69) is 21.8 Å². The minimum atomic E-state index is -0.805. The van der Waals surface area contributed by atoms with Crippen LogP contribution in [0.4, 0.5) is 5.69 Å². The minimum absolute atomic E-state index is 0.0759. The van der Waals surface area contributed by atoms with Gasteiger partial charge in [-0.1, -0.05) is 32.1 Å². The number of aromatic nitrogens is 1. The first-order chi connectivity index (χ1) is 14.4. The van der Waals surface area contributed by atoms with Gasteiger partial charge >= 0.3 is 0 Å². The Hall–Kier alpha value is -2.84. The van der Waals surface area contributed by atoms with Gasteiger partial charge in [-0.3, -0.25) is 14.4 Å². The zero-order valence-electron chi connectivity index (χ0n) is 16.7. The van der Waals surface area contributed by atoms with Crippen LogP contribution < -0.4 is 16.6 Å². The lowest BCUT2D eigenvalue weighted by molar-refractivity contribution is 0.0997. The number of benzene rings is 1. The lowest BCUT2D eigenvalue weighted by Gasteiger charge is -2.15. The number of carbonyl (C=O) groups excluding carboxylic acids is 2. The second-order valence-corrected chi connectivity index (χ2v) is 8.82. The van der Waals surface area contributed by atoms with Gasteiger partial charge in [-0.15, -0.1) is 11.8 Å². The lowest BCUT2D eigenvalue weighted by Crippen LogP contribution is -2.24. The average molecular weight is 442 g/mol. The zero-order valence-corrected chi connectivity index (χ0v) is 18.4. The van der Waals surface area contributed by atoms with Crippen LogP contribution in [0.25, 0.3) is 10.9 Å². The average Bonchev–Trinajstić information content (AvgIpc) is 3.43. The minimum Gasteiger partial charge on any atom is -0.365 e. The van der Waals surface area contributed by atoms with Gasteiger partial charge in [0.1, 0.15) is 5.56 Å². The highest BCUT2D eigenvalue weighted by molar-refractivity contribution is 8.02. The van der Waals surface area contributed by atoms with E-state index in [-0.39, 0.29) is 17.4 Å². The van der Waals surface area contributed by atoms with Crippen molar-refractivity contribution in [3.8, 4) is 0 Å². The van der Waals surface area contributed by atoms with E-state index in [1.165, 1.54) is 29.6 Å². The first-order valence-electron chi connectivity index (χ1n) is 9.48. The highest BCUT2D eigenvalue weighted by atomic mass is 32.2. The van der Waals surface area contributed by atoms with Crippen LogP contribution in [-0.2, 0) is 0 Å². The number of carbonyl (C=O) groups is 2. The van der Waals surface area contributed by atoms with Crippen molar-refractivity contribution in [3.63, 3.8) is 0 Å². The van der Waals surface area contributed by atoms with Gasteiger partial charge in [0.15, 0.2) is 0 Å².